The topological polar surface area (TPSA) is 29.5 Å². The van der Waals surface area contributed by atoms with E-state index < -0.39 is 0 Å². The van der Waals surface area contributed by atoms with Gasteiger partial charge in [0.15, 0.2) is 0 Å². The zero-order chi connectivity index (χ0) is 12.7. The molecule has 0 bridgehead atoms. The highest BCUT2D eigenvalue weighted by Gasteiger charge is 2.23. The Balaban J connectivity index is 2.32. The van der Waals surface area contributed by atoms with E-state index in [0.29, 0.717) is 37.4 Å². The molecule has 0 saturated carbocycles. The molecule has 17 heavy (non-hydrogen) atoms. The number of thiol groups is 1. The van der Waals surface area contributed by atoms with E-state index in [9.17, 15) is 4.79 Å². The zero-order valence-corrected chi connectivity index (χ0v) is 11.9. The van der Waals surface area contributed by atoms with Crippen LogP contribution in [-0.2, 0) is 9.53 Å². The Morgan fingerprint density at radius 1 is 1.41 bits per heavy atom. The van der Waals surface area contributed by atoms with Crippen LogP contribution in [0.15, 0.2) is 0 Å². The lowest BCUT2D eigenvalue weighted by molar-refractivity contribution is -0.131. The molecule has 4 heteroatoms. The molecule has 1 fully saturated rings. The summed E-state index contributed by atoms with van der Waals surface area (Å²) < 4.78 is 5.38. The van der Waals surface area contributed by atoms with E-state index in [1.54, 1.807) is 0 Å². The standard InChI is InChI=1S/C13H25NO2S/c1-11(2)12-3-4-13(15)14(6-5-12)7-8-16-9-10-17/h11-12,17H,3-10H2,1-2H3. The Bertz CT molecular complexity index is 233. The summed E-state index contributed by atoms with van der Waals surface area (Å²) >= 11 is 4.08. The first-order chi connectivity index (χ1) is 8.15. The molecule has 0 aliphatic carbocycles. The molecule has 1 rings (SSSR count). The molecule has 1 aliphatic heterocycles. The molecule has 0 radical (unpaired) electrons. The Morgan fingerprint density at radius 2 is 2.18 bits per heavy atom. The molecule has 1 atom stereocenters. The number of amides is 1. The number of ether oxygens (including phenoxy) is 1. The fraction of sp³-hybridized carbons (Fsp3) is 0.923. The fourth-order valence-electron chi connectivity index (χ4n) is 2.30. The van der Waals surface area contributed by atoms with Crippen molar-refractivity contribution in [2.45, 2.75) is 33.1 Å². The summed E-state index contributed by atoms with van der Waals surface area (Å²) in [5.41, 5.74) is 0. The van der Waals surface area contributed by atoms with Gasteiger partial charge in [0.25, 0.3) is 0 Å². The van der Waals surface area contributed by atoms with Crippen LogP contribution in [0, 0.1) is 11.8 Å². The van der Waals surface area contributed by atoms with Crippen LogP contribution in [0.2, 0.25) is 0 Å². The Labute approximate surface area is 110 Å². The molecule has 1 heterocycles. The summed E-state index contributed by atoms with van der Waals surface area (Å²) in [6.45, 7) is 7.43. The highest BCUT2D eigenvalue weighted by atomic mass is 32.1. The van der Waals surface area contributed by atoms with E-state index >= 15 is 0 Å². The minimum absolute atomic E-state index is 0.294. The van der Waals surface area contributed by atoms with E-state index in [1.165, 1.54) is 0 Å². The van der Waals surface area contributed by atoms with Crippen LogP contribution < -0.4 is 0 Å². The van der Waals surface area contributed by atoms with Gasteiger partial charge in [-0.3, -0.25) is 4.79 Å². The molecule has 1 aliphatic rings. The molecule has 1 saturated heterocycles. The van der Waals surface area contributed by atoms with E-state index in [4.69, 9.17) is 4.74 Å². The zero-order valence-electron chi connectivity index (χ0n) is 11.0. The lowest BCUT2D eigenvalue weighted by Crippen LogP contribution is -2.33. The van der Waals surface area contributed by atoms with Crippen molar-refractivity contribution in [3.63, 3.8) is 0 Å². The molecule has 3 nitrogen and oxygen atoms in total. The molecule has 0 aromatic carbocycles. The number of carbonyl (C=O) groups is 1. The van der Waals surface area contributed by atoms with Crippen molar-refractivity contribution in [1.82, 2.24) is 4.90 Å². The van der Waals surface area contributed by atoms with Crippen LogP contribution in [0.4, 0.5) is 0 Å². The van der Waals surface area contributed by atoms with Gasteiger partial charge in [0.1, 0.15) is 0 Å². The monoisotopic (exact) mass is 259 g/mol. The van der Waals surface area contributed by atoms with Crippen LogP contribution in [0.1, 0.15) is 33.1 Å². The summed E-state index contributed by atoms with van der Waals surface area (Å²) in [6, 6.07) is 0. The van der Waals surface area contributed by atoms with Crippen molar-refractivity contribution >= 4 is 18.5 Å². The minimum atomic E-state index is 0.294. The molecular weight excluding hydrogens is 234 g/mol. The smallest absolute Gasteiger partial charge is 0.222 e. The van der Waals surface area contributed by atoms with E-state index in [2.05, 4.69) is 26.5 Å². The highest BCUT2D eigenvalue weighted by molar-refractivity contribution is 7.80. The van der Waals surface area contributed by atoms with Crippen LogP contribution in [0.5, 0.6) is 0 Å². The van der Waals surface area contributed by atoms with Crippen molar-refractivity contribution in [2.24, 2.45) is 11.8 Å². The number of rotatable bonds is 6. The first kappa shape index (κ1) is 14.8. The van der Waals surface area contributed by atoms with Crippen LogP contribution in [-0.4, -0.2) is 42.9 Å². The predicted octanol–water partition coefficient (Wildman–Crippen LogP) is 2.22. The number of hydrogen-bond donors (Lipinski definition) is 1. The van der Waals surface area contributed by atoms with Gasteiger partial charge in [-0.1, -0.05) is 13.8 Å². The van der Waals surface area contributed by atoms with Gasteiger partial charge in [0.05, 0.1) is 13.2 Å². The second kappa shape index (κ2) is 7.98. The van der Waals surface area contributed by atoms with E-state index in [0.717, 1.165) is 31.7 Å². The predicted molar refractivity (Wildman–Crippen MR) is 73.4 cm³/mol. The first-order valence-electron chi connectivity index (χ1n) is 6.61. The fourth-order valence-corrected chi connectivity index (χ4v) is 2.43. The number of nitrogens with zero attached hydrogens (tertiary/aromatic N) is 1. The summed E-state index contributed by atoms with van der Waals surface area (Å²) in [6.07, 6.45) is 2.88. The largest absolute Gasteiger partial charge is 0.379 e. The second-order valence-electron chi connectivity index (χ2n) is 5.05. The summed E-state index contributed by atoms with van der Waals surface area (Å²) in [5.74, 6) is 2.41. The molecule has 100 valence electrons. The van der Waals surface area contributed by atoms with Gasteiger partial charge in [0.2, 0.25) is 5.91 Å². The summed E-state index contributed by atoms with van der Waals surface area (Å²) in [7, 11) is 0. The van der Waals surface area contributed by atoms with E-state index in [-0.39, 0.29) is 0 Å². The molecule has 0 aromatic rings. The normalized spacial score (nSPS) is 22.0. The van der Waals surface area contributed by atoms with Crippen LogP contribution in [0.3, 0.4) is 0 Å². The number of hydrogen-bond acceptors (Lipinski definition) is 3. The molecule has 1 amide bonds. The average Bonchev–Trinajstić information content (AvgIpc) is 2.48. The molecule has 0 aromatic heterocycles. The third-order valence-corrected chi connectivity index (χ3v) is 3.72. The van der Waals surface area contributed by atoms with Crippen molar-refractivity contribution in [1.29, 1.82) is 0 Å². The van der Waals surface area contributed by atoms with Gasteiger partial charge in [-0.2, -0.15) is 12.6 Å². The quantitative estimate of drug-likeness (QED) is 0.585. The Kier molecular flexibility index (Phi) is 6.97. The van der Waals surface area contributed by atoms with Gasteiger partial charge in [0, 0.05) is 25.3 Å². The Hall–Kier alpha value is -0.220. The number of carbonyl (C=O) groups excluding carboxylic acids is 1. The molecule has 0 spiro atoms. The first-order valence-corrected chi connectivity index (χ1v) is 7.24. The van der Waals surface area contributed by atoms with Crippen molar-refractivity contribution in [2.75, 3.05) is 32.1 Å². The van der Waals surface area contributed by atoms with E-state index in [1.807, 2.05) is 4.90 Å². The second-order valence-corrected chi connectivity index (χ2v) is 5.50. The SMILES string of the molecule is CC(C)C1CCC(=O)N(CCOCCS)CC1. The third-order valence-electron chi connectivity index (χ3n) is 3.54. The van der Waals surface area contributed by atoms with Crippen LogP contribution >= 0.6 is 12.6 Å². The minimum Gasteiger partial charge on any atom is -0.379 e. The van der Waals surface area contributed by atoms with Gasteiger partial charge in [-0.05, 0) is 24.7 Å². The molecular formula is C13H25NO2S. The lowest BCUT2D eigenvalue weighted by Gasteiger charge is -2.21. The van der Waals surface area contributed by atoms with Crippen LogP contribution in [0.25, 0.3) is 0 Å². The van der Waals surface area contributed by atoms with Gasteiger partial charge < -0.3 is 9.64 Å². The lowest BCUT2D eigenvalue weighted by atomic mass is 9.89. The highest BCUT2D eigenvalue weighted by Crippen LogP contribution is 2.24. The molecule has 0 N–H and O–H groups in total. The summed E-state index contributed by atoms with van der Waals surface area (Å²) in [4.78, 5) is 13.9. The van der Waals surface area contributed by atoms with Crippen molar-refractivity contribution < 1.29 is 9.53 Å². The van der Waals surface area contributed by atoms with Crippen molar-refractivity contribution in [3.8, 4) is 0 Å². The maximum atomic E-state index is 11.9. The number of likely N-dealkylation sites (tertiary alicyclic amines) is 1. The maximum absolute atomic E-state index is 11.9. The third kappa shape index (κ3) is 5.30. The summed E-state index contributed by atoms with van der Waals surface area (Å²) in [5, 5.41) is 0. The van der Waals surface area contributed by atoms with Gasteiger partial charge in [-0.25, -0.2) is 0 Å². The Morgan fingerprint density at radius 3 is 2.82 bits per heavy atom. The average molecular weight is 259 g/mol. The maximum Gasteiger partial charge on any atom is 0.222 e. The van der Waals surface area contributed by atoms with Gasteiger partial charge in [-0.15, -0.1) is 0 Å². The molecule has 1 unspecified atom stereocenters. The van der Waals surface area contributed by atoms with Gasteiger partial charge >= 0.3 is 0 Å². The van der Waals surface area contributed by atoms with Crippen molar-refractivity contribution in [3.05, 3.63) is 0 Å².